The van der Waals surface area contributed by atoms with E-state index in [1.165, 1.54) is 0 Å². The molecule has 1 heterocycles. The minimum atomic E-state index is -0.00321. The van der Waals surface area contributed by atoms with Crippen molar-refractivity contribution in [2.24, 2.45) is 5.73 Å². The van der Waals surface area contributed by atoms with Gasteiger partial charge in [0.05, 0.1) is 19.2 Å². The lowest BCUT2D eigenvalue weighted by atomic mass is 10.2. The number of ether oxygens (including phenoxy) is 1. The number of carbonyl (C=O) groups excluding carboxylic acids is 1. The minimum absolute atomic E-state index is 0.00321. The summed E-state index contributed by atoms with van der Waals surface area (Å²) < 4.78 is 5.46. The molecule has 0 aliphatic carbocycles. The van der Waals surface area contributed by atoms with Gasteiger partial charge in [-0.3, -0.25) is 9.78 Å². The van der Waals surface area contributed by atoms with Gasteiger partial charge in [0.15, 0.2) is 0 Å². The van der Waals surface area contributed by atoms with Crippen molar-refractivity contribution in [3.63, 3.8) is 0 Å². The standard InChI is InChI=1S/C14H23N3O2/c1-10(2)17-14(18)6-7-19-13-5-4-12(16-9-13)8-11(3)15/h4-5,9-11H,6-8,15H2,1-3H3,(H,17,18). The zero-order chi connectivity index (χ0) is 14.3. The zero-order valence-electron chi connectivity index (χ0n) is 11.8. The molecule has 0 aliphatic rings. The van der Waals surface area contributed by atoms with Crippen molar-refractivity contribution in [2.45, 2.75) is 45.7 Å². The van der Waals surface area contributed by atoms with Gasteiger partial charge in [0.1, 0.15) is 5.75 Å². The third-order valence-electron chi connectivity index (χ3n) is 2.38. The lowest BCUT2D eigenvalue weighted by Crippen LogP contribution is -2.31. The first-order chi connectivity index (χ1) is 8.97. The highest BCUT2D eigenvalue weighted by Crippen LogP contribution is 2.10. The molecule has 5 heteroatoms. The smallest absolute Gasteiger partial charge is 0.223 e. The van der Waals surface area contributed by atoms with Crippen LogP contribution in [0, 0.1) is 0 Å². The zero-order valence-corrected chi connectivity index (χ0v) is 11.8. The Morgan fingerprint density at radius 3 is 2.68 bits per heavy atom. The number of nitrogens with zero attached hydrogens (tertiary/aromatic N) is 1. The molecule has 0 aliphatic heterocycles. The van der Waals surface area contributed by atoms with E-state index in [1.54, 1.807) is 6.20 Å². The maximum atomic E-state index is 11.4. The number of pyridine rings is 1. The van der Waals surface area contributed by atoms with E-state index in [0.29, 0.717) is 18.8 Å². The highest BCUT2D eigenvalue weighted by Gasteiger charge is 2.04. The molecular formula is C14H23N3O2. The molecule has 1 unspecified atom stereocenters. The van der Waals surface area contributed by atoms with Gasteiger partial charge in [0, 0.05) is 24.2 Å². The molecule has 1 aromatic heterocycles. The average molecular weight is 265 g/mol. The second-order valence-electron chi connectivity index (χ2n) is 4.99. The van der Waals surface area contributed by atoms with E-state index < -0.39 is 0 Å². The molecule has 0 radical (unpaired) electrons. The maximum Gasteiger partial charge on any atom is 0.223 e. The number of aromatic nitrogens is 1. The monoisotopic (exact) mass is 265 g/mol. The van der Waals surface area contributed by atoms with Crippen LogP contribution in [0.15, 0.2) is 18.3 Å². The maximum absolute atomic E-state index is 11.4. The van der Waals surface area contributed by atoms with E-state index in [0.717, 1.165) is 12.1 Å². The summed E-state index contributed by atoms with van der Waals surface area (Å²) in [7, 11) is 0. The predicted molar refractivity (Wildman–Crippen MR) is 75.0 cm³/mol. The van der Waals surface area contributed by atoms with Crippen molar-refractivity contribution in [1.29, 1.82) is 0 Å². The third-order valence-corrected chi connectivity index (χ3v) is 2.38. The molecule has 0 aromatic carbocycles. The van der Waals surface area contributed by atoms with Gasteiger partial charge >= 0.3 is 0 Å². The van der Waals surface area contributed by atoms with Crippen LogP contribution in [0.25, 0.3) is 0 Å². The Bertz CT molecular complexity index is 388. The van der Waals surface area contributed by atoms with Crippen molar-refractivity contribution in [1.82, 2.24) is 10.3 Å². The summed E-state index contributed by atoms with van der Waals surface area (Å²) in [5.74, 6) is 0.669. The lowest BCUT2D eigenvalue weighted by Gasteiger charge is -2.10. The van der Waals surface area contributed by atoms with Crippen LogP contribution < -0.4 is 15.8 Å². The van der Waals surface area contributed by atoms with Gasteiger partial charge < -0.3 is 15.8 Å². The second kappa shape index (κ2) is 7.74. The fourth-order valence-corrected chi connectivity index (χ4v) is 1.60. The Morgan fingerprint density at radius 1 is 1.42 bits per heavy atom. The Balaban J connectivity index is 2.32. The van der Waals surface area contributed by atoms with Gasteiger partial charge in [-0.2, -0.15) is 0 Å². The Morgan fingerprint density at radius 2 is 2.16 bits per heavy atom. The molecule has 106 valence electrons. The average Bonchev–Trinajstić information content (AvgIpc) is 2.29. The summed E-state index contributed by atoms with van der Waals surface area (Å²) in [6, 6.07) is 4.00. The van der Waals surface area contributed by atoms with Crippen LogP contribution in [-0.4, -0.2) is 29.6 Å². The van der Waals surface area contributed by atoms with Gasteiger partial charge in [0.2, 0.25) is 5.91 Å². The molecule has 0 saturated carbocycles. The van der Waals surface area contributed by atoms with Crippen LogP contribution in [-0.2, 0) is 11.2 Å². The first-order valence-electron chi connectivity index (χ1n) is 6.60. The normalized spacial score (nSPS) is 12.3. The minimum Gasteiger partial charge on any atom is -0.491 e. The number of amides is 1. The van der Waals surface area contributed by atoms with Crippen LogP contribution in [0.1, 0.15) is 32.9 Å². The molecule has 1 aromatic rings. The van der Waals surface area contributed by atoms with Crippen molar-refractivity contribution < 1.29 is 9.53 Å². The molecule has 1 atom stereocenters. The highest BCUT2D eigenvalue weighted by atomic mass is 16.5. The van der Waals surface area contributed by atoms with Crippen LogP contribution in [0.3, 0.4) is 0 Å². The van der Waals surface area contributed by atoms with Crippen molar-refractivity contribution in [2.75, 3.05) is 6.61 Å². The van der Waals surface area contributed by atoms with E-state index in [4.69, 9.17) is 10.5 Å². The number of rotatable bonds is 7. The van der Waals surface area contributed by atoms with Gasteiger partial charge in [-0.15, -0.1) is 0 Å². The second-order valence-corrected chi connectivity index (χ2v) is 4.99. The number of nitrogens with one attached hydrogen (secondary N) is 1. The van der Waals surface area contributed by atoms with Crippen LogP contribution >= 0.6 is 0 Å². The molecule has 0 bridgehead atoms. The summed E-state index contributed by atoms with van der Waals surface area (Å²) >= 11 is 0. The fraction of sp³-hybridized carbons (Fsp3) is 0.571. The largest absolute Gasteiger partial charge is 0.491 e. The first-order valence-corrected chi connectivity index (χ1v) is 6.60. The molecule has 1 rings (SSSR count). The molecular weight excluding hydrogens is 242 g/mol. The van der Waals surface area contributed by atoms with E-state index in [-0.39, 0.29) is 18.0 Å². The van der Waals surface area contributed by atoms with Crippen molar-refractivity contribution >= 4 is 5.91 Å². The third kappa shape index (κ3) is 6.76. The summed E-state index contributed by atoms with van der Waals surface area (Å²) in [6.07, 6.45) is 2.76. The van der Waals surface area contributed by atoms with Crippen LogP contribution in [0.4, 0.5) is 0 Å². The van der Waals surface area contributed by atoms with E-state index in [9.17, 15) is 4.79 Å². The molecule has 19 heavy (non-hydrogen) atoms. The van der Waals surface area contributed by atoms with Gasteiger partial charge in [-0.25, -0.2) is 0 Å². The predicted octanol–water partition coefficient (Wildman–Crippen LogP) is 1.26. The van der Waals surface area contributed by atoms with E-state index in [2.05, 4.69) is 10.3 Å². The summed E-state index contributed by atoms with van der Waals surface area (Å²) in [5, 5.41) is 2.81. The first kappa shape index (κ1) is 15.4. The molecule has 0 saturated heterocycles. The van der Waals surface area contributed by atoms with Gasteiger partial charge in [-0.1, -0.05) is 0 Å². The van der Waals surface area contributed by atoms with Crippen molar-refractivity contribution in [3.8, 4) is 5.75 Å². The molecule has 0 spiro atoms. The quantitative estimate of drug-likeness (QED) is 0.778. The number of hydrogen-bond donors (Lipinski definition) is 2. The number of nitrogens with two attached hydrogens (primary N) is 1. The van der Waals surface area contributed by atoms with Crippen LogP contribution in [0.2, 0.25) is 0 Å². The Kier molecular flexibility index (Phi) is 6.29. The highest BCUT2D eigenvalue weighted by molar-refractivity contribution is 5.76. The Hall–Kier alpha value is -1.62. The number of carbonyl (C=O) groups is 1. The van der Waals surface area contributed by atoms with Crippen LogP contribution in [0.5, 0.6) is 5.75 Å². The summed E-state index contributed by atoms with van der Waals surface area (Å²) in [5.41, 5.74) is 6.64. The lowest BCUT2D eigenvalue weighted by molar-refractivity contribution is -0.122. The Labute approximate surface area is 114 Å². The van der Waals surface area contributed by atoms with E-state index >= 15 is 0 Å². The molecule has 1 amide bonds. The topological polar surface area (TPSA) is 77.2 Å². The van der Waals surface area contributed by atoms with Gasteiger partial charge in [0.25, 0.3) is 0 Å². The van der Waals surface area contributed by atoms with Crippen molar-refractivity contribution in [3.05, 3.63) is 24.0 Å². The molecule has 5 nitrogen and oxygen atoms in total. The SMILES string of the molecule is CC(N)Cc1ccc(OCCC(=O)NC(C)C)cn1. The van der Waals surface area contributed by atoms with E-state index in [1.807, 2.05) is 32.9 Å². The molecule has 3 N–H and O–H groups in total. The summed E-state index contributed by atoms with van der Waals surface area (Å²) in [4.78, 5) is 15.7. The molecule has 0 fully saturated rings. The fourth-order valence-electron chi connectivity index (χ4n) is 1.60. The number of hydrogen-bond acceptors (Lipinski definition) is 4. The summed E-state index contributed by atoms with van der Waals surface area (Å²) in [6.45, 7) is 6.16. The van der Waals surface area contributed by atoms with Gasteiger partial charge in [-0.05, 0) is 32.9 Å².